The number of morpholine rings is 1. The molecule has 61 heavy (non-hydrogen) atoms. The van der Waals surface area contributed by atoms with Gasteiger partial charge in [-0.15, -0.1) is 4.37 Å². The van der Waals surface area contributed by atoms with Crippen LogP contribution in [-0.4, -0.2) is 147 Å². The zero-order valence-electron chi connectivity index (χ0n) is 33.5. The number of aliphatic imine (C=N–C) groups is 1. The predicted octanol–water partition coefficient (Wildman–Crippen LogP) is 1.47. The van der Waals surface area contributed by atoms with Crippen molar-refractivity contribution >= 4 is 91.9 Å². The van der Waals surface area contributed by atoms with E-state index in [2.05, 4.69) is 50.3 Å². The fraction of sp³-hybridized carbons (Fsp3) is 0.486. The van der Waals surface area contributed by atoms with Gasteiger partial charge in [0.2, 0.25) is 11.8 Å². The minimum Gasteiger partial charge on any atom is -0.478 e. The van der Waals surface area contributed by atoms with Crippen LogP contribution in [0.2, 0.25) is 0 Å². The molecule has 0 bridgehead atoms. The van der Waals surface area contributed by atoms with Crippen molar-refractivity contribution in [3.8, 4) is 5.88 Å². The number of rotatable bonds is 19. The Kier molecular flexibility index (Phi) is 16.0. The highest BCUT2D eigenvalue weighted by Gasteiger charge is 2.34. The largest absolute Gasteiger partial charge is 0.478 e. The van der Waals surface area contributed by atoms with Crippen molar-refractivity contribution in [3.05, 3.63) is 40.6 Å². The van der Waals surface area contributed by atoms with E-state index in [1.54, 1.807) is 12.1 Å². The van der Waals surface area contributed by atoms with Crippen LogP contribution in [0.15, 0.2) is 45.6 Å². The molecule has 5 rings (SSSR count). The van der Waals surface area contributed by atoms with E-state index < -0.39 is 78.0 Å². The van der Waals surface area contributed by atoms with Gasteiger partial charge in [-0.1, -0.05) is 0 Å². The van der Waals surface area contributed by atoms with E-state index in [-0.39, 0.29) is 25.0 Å². The molecule has 3 atom stereocenters. The van der Waals surface area contributed by atoms with Crippen LogP contribution in [0.25, 0.3) is 11.0 Å². The van der Waals surface area contributed by atoms with Gasteiger partial charge in [0.1, 0.15) is 18.2 Å². The number of esters is 3. The summed E-state index contributed by atoms with van der Waals surface area (Å²) in [5, 5.41) is 24.9. The minimum atomic E-state index is -1.48. The summed E-state index contributed by atoms with van der Waals surface area (Å²) in [6, 6.07) is 3.33. The van der Waals surface area contributed by atoms with Gasteiger partial charge < -0.3 is 49.4 Å². The van der Waals surface area contributed by atoms with E-state index in [9.17, 15) is 39.0 Å². The monoisotopic (exact) mass is 933 g/mol. The highest BCUT2D eigenvalue weighted by molar-refractivity contribution is 9.10. The van der Waals surface area contributed by atoms with Crippen LogP contribution in [0.1, 0.15) is 40.5 Å². The molecule has 1 saturated heterocycles. The van der Waals surface area contributed by atoms with Gasteiger partial charge in [0.25, 0.3) is 11.8 Å². The van der Waals surface area contributed by atoms with Crippen molar-refractivity contribution in [3.63, 3.8) is 0 Å². The first kappa shape index (κ1) is 46.2. The number of carboxylic acid groups (broad SMARTS) is 2. The van der Waals surface area contributed by atoms with Crippen molar-refractivity contribution < 1.29 is 62.7 Å². The standard InChI is InChI=1S/C37H44BrN9O13S/c1-20(33(52)47(36-41-11-12-42-36)25-6-5-24-30(29(25)38)40-10-9-39-24)59-35(55)21(2)58-27(50)7-8-28(51)60-22(18-43-37(3,4)23(34(53)54)17-26(48)49)19-57-32-31(44-61-45-32)46-13-15-56-16-14-46/h5-6,9-10,17,20-22,43H,7-8,11-16,18-19H2,1-4H3,(H,41,42)(H,48,49)(H,53,54)/b23-17+/t20?,21?,22-/m0/s1. The second-order valence-electron chi connectivity index (χ2n) is 14.0. The summed E-state index contributed by atoms with van der Waals surface area (Å²) >= 11 is 4.42. The van der Waals surface area contributed by atoms with Crippen LogP contribution in [0, 0.1) is 0 Å². The number of benzene rings is 1. The maximum atomic E-state index is 13.8. The second kappa shape index (κ2) is 21.1. The van der Waals surface area contributed by atoms with Crippen LogP contribution in [0.5, 0.6) is 5.88 Å². The van der Waals surface area contributed by atoms with Crippen LogP contribution < -0.4 is 25.2 Å². The normalized spacial score (nSPS) is 15.8. The molecule has 0 saturated carbocycles. The summed E-state index contributed by atoms with van der Waals surface area (Å²) in [4.78, 5) is 92.1. The van der Waals surface area contributed by atoms with Crippen LogP contribution >= 0.6 is 27.7 Å². The van der Waals surface area contributed by atoms with E-state index in [4.69, 9.17) is 23.7 Å². The number of amides is 1. The van der Waals surface area contributed by atoms with Gasteiger partial charge in [0.15, 0.2) is 12.2 Å². The van der Waals surface area contributed by atoms with Gasteiger partial charge in [0.05, 0.1) is 65.6 Å². The molecule has 2 aromatic heterocycles. The number of carbonyl (C=O) groups is 6. The third kappa shape index (κ3) is 12.4. The average Bonchev–Trinajstić information content (AvgIpc) is 3.94. The molecule has 3 aromatic rings. The summed E-state index contributed by atoms with van der Waals surface area (Å²) < 4.78 is 36.5. The molecular formula is C37H44BrN9O13S. The molecular weight excluding hydrogens is 890 g/mol. The van der Waals surface area contributed by atoms with Gasteiger partial charge in [-0.05, 0) is 55.8 Å². The number of fused-ring (bicyclic) bond motifs is 1. The molecule has 0 aliphatic carbocycles. The van der Waals surface area contributed by atoms with E-state index in [0.29, 0.717) is 72.5 Å². The molecule has 2 unspecified atom stereocenters. The number of hydrogen-bond acceptors (Lipinski definition) is 20. The molecule has 24 heteroatoms. The average molecular weight is 935 g/mol. The molecule has 1 amide bonds. The van der Waals surface area contributed by atoms with Crippen molar-refractivity contribution in [1.82, 2.24) is 29.3 Å². The molecule has 2 aliphatic heterocycles. The summed E-state index contributed by atoms with van der Waals surface area (Å²) in [6.07, 6.45) is -1.37. The lowest BCUT2D eigenvalue weighted by Gasteiger charge is -2.30. The number of nitrogens with zero attached hydrogens (tertiary/aromatic N) is 7. The maximum absolute atomic E-state index is 13.8. The number of anilines is 2. The predicted molar refractivity (Wildman–Crippen MR) is 219 cm³/mol. The second-order valence-corrected chi connectivity index (χ2v) is 15.3. The van der Waals surface area contributed by atoms with E-state index in [1.165, 1.54) is 45.0 Å². The van der Waals surface area contributed by atoms with Crippen molar-refractivity contribution in [2.45, 2.75) is 64.4 Å². The zero-order chi connectivity index (χ0) is 44.3. The molecule has 2 aliphatic rings. The third-order valence-electron chi connectivity index (χ3n) is 9.10. The number of hydrogen-bond donors (Lipinski definition) is 4. The van der Waals surface area contributed by atoms with Gasteiger partial charge in [-0.3, -0.25) is 29.3 Å². The van der Waals surface area contributed by atoms with Gasteiger partial charge >= 0.3 is 29.8 Å². The Morgan fingerprint density at radius 1 is 1.02 bits per heavy atom. The third-order valence-corrected chi connectivity index (χ3v) is 10.4. The Hall–Kier alpha value is -5.85. The smallest absolute Gasteiger partial charge is 0.347 e. The van der Waals surface area contributed by atoms with E-state index >= 15 is 0 Å². The molecule has 22 nitrogen and oxygen atoms in total. The Morgan fingerprint density at radius 2 is 1.72 bits per heavy atom. The summed E-state index contributed by atoms with van der Waals surface area (Å²) in [5.41, 5.74) is -0.460. The lowest BCUT2D eigenvalue weighted by Crippen LogP contribution is -2.49. The van der Waals surface area contributed by atoms with E-state index in [0.717, 1.165) is 11.7 Å². The molecule has 4 heterocycles. The fourth-order valence-corrected chi connectivity index (χ4v) is 7.07. The van der Waals surface area contributed by atoms with Gasteiger partial charge in [-0.2, -0.15) is 4.37 Å². The lowest BCUT2D eigenvalue weighted by molar-refractivity contribution is -0.171. The number of guanidine groups is 1. The maximum Gasteiger partial charge on any atom is 0.347 e. The molecule has 4 N–H and O–H groups in total. The minimum absolute atomic E-state index is 0.165. The topological polar surface area (TPSA) is 283 Å². The number of ether oxygens (including phenoxy) is 5. The molecule has 328 valence electrons. The number of nitrogens with one attached hydrogen (secondary N) is 2. The zero-order valence-corrected chi connectivity index (χ0v) is 35.9. The number of carboxylic acids is 2. The van der Waals surface area contributed by atoms with Gasteiger partial charge in [-0.25, -0.2) is 19.3 Å². The van der Waals surface area contributed by atoms with Crippen molar-refractivity contribution in [2.24, 2.45) is 4.99 Å². The quantitative estimate of drug-likeness (QED) is 0.0752. The van der Waals surface area contributed by atoms with E-state index in [1.807, 2.05) is 4.90 Å². The Labute approximate surface area is 361 Å². The summed E-state index contributed by atoms with van der Waals surface area (Å²) in [6.45, 7) is 7.88. The molecule has 1 fully saturated rings. The number of aliphatic carboxylic acids is 2. The summed E-state index contributed by atoms with van der Waals surface area (Å²) in [7, 11) is 0. The first-order valence-electron chi connectivity index (χ1n) is 18.9. The highest BCUT2D eigenvalue weighted by atomic mass is 79.9. The van der Waals surface area contributed by atoms with Crippen LogP contribution in [0.3, 0.4) is 0 Å². The first-order chi connectivity index (χ1) is 29.0. The Morgan fingerprint density at radius 3 is 2.39 bits per heavy atom. The Bertz CT molecular complexity index is 2180. The Balaban J connectivity index is 1.18. The summed E-state index contributed by atoms with van der Waals surface area (Å²) in [5.74, 6) is -5.61. The first-order valence-corrected chi connectivity index (χ1v) is 20.4. The van der Waals surface area contributed by atoms with Crippen LogP contribution in [-0.2, 0) is 47.7 Å². The number of aromatic nitrogens is 4. The number of carbonyl (C=O) groups excluding carboxylic acids is 4. The van der Waals surface area contributed by atoms with Crippen molar-refractivity contribution in [2.75, 3.05) is 62.3 Å². The van der Waals surface area contributed by atoms with Crippen molar-refractivity contribution in [1.29, 1.82) is 0 Å². The SMILES string of the molecule is CC(OC(=O)CCC(=O)O[C@@H](CNC(C)(C)/C(=C/C(=O)O)C(=O)O)COc1nsnc1N1CCOCC1)C(=O)OC(C)C(=O)N(C1=NCCN1)c1ccc2nccnc2c1Br. The highest BCUT2D eigenvalue weighted by Crippen LogP contribution is 2.33. The lowest BCUT2D eigenvalue weighted by atomic mass is 9.93. The molecule has 0 radical (unpaired) electrons. The van der Waals surface area contributed by atoms with Crippen LogP contribution in [0.4, 0.5) is 11.5 Å². The van der Waals surface area contributed by atoms with Gasteiger partial charge in [0, 0.05) is 50.2 Å². The fourth-order valence-electron chi connectivity index (χ4n) is 5.93. The number of halogens is 1. The molecule has 1 aromatic carbocycles. The molecule has 0 spiro atoms.